The van der Waals surface area contributed by atoms with Crippen LogP contribution in [-0.2, 0) is 17.8 Å². The molecule has 0 radical (unpaired) electrons. The van der Waals surface area contributed by atoms with E-state index in [-0.39, 0.29) is 11.9 Å². The molecule has 1 unspecified atom stereocenters. The lowest BCUT2D eigenvalue weighted by atomic mass is 10.1. The first-order chi connectivity index (χ1) is 9.96. The minimum Gasteiger partial charge on any atom is -0.388 e. The lowest BCUT2D eigenvalue weighted by Gasteiger charge is -2.29. The quantitative estimate of drug-likeness (QED) is 0.916. The Balaban J connectivity index is 1.74. The van der Waals surface area contributed by atoms with Crippen LogP contribution in [-0.4, -0.2) is 43.9 Å². The van der Waals surface area contributed by atoms with E-state index >= 15 is 0 Å². The Kier molecular flexibility index (Phi) is 3.56. The van der Waals surface area contributed by atoms with Crippen LogP contribution in [0.3, 0.4) is 0 Å². The van der Waals surface area contributed by atoms with Crippen molar-refractivity contribution >= 4 is 5.91 Å². The lowest BCUT2D eigenvalue weighted by Crippen LogP contribution is -2.45. The molecule has 0 bridgehead atoms. The van der Waals surface area contributed by atoms with Gasteiger partial charge in [0, 0.05) is 12.2 Å². The fourth-order valence-corrected chi connectivity index (χ4v) is 3.70. The van der Waals surface area contributed by atoms with Crippen LogP contribution in [0.2, 0.25) is 0 Å². The zero-order valence-corrected chi connectivity index (χ0v) is 13.2. The Morgan fingerprint density at radius 3 is 2.71 bits per heavy atom. The number of carbonyl (C=O) groups is 1. The van der Waals surface area contributed by atoms with Crippen LogP contribution >= 0.6 is 0 Å². The number of carbonyl (C=O) groups excluding carboxylic acids is 1. The molecule has 0 aromatic carbocycles. The largest absolute Gasteiger partial charge is 0.388 e. The smallest absolute Gasteiger partial charge is 0.244 e. The van der Waals surface area contributed by atoms with Gasteiger partial charge in [0.2, 0.25) is 5.91 Å². The van der Waals surface area contributed by atoms with Crippen molar-refractivity contribution in [3.05, 3.63) is 17.0 Å². The van der Waals surface area contributed by atoms with Crippen molar-refractivity contribution in [3.63, 3.8) is 0 Å². The van der Waals surface area contributed by atoms with Gasteiger partial charge in [0.15, 0.2) is 0 Å². The second-order valence-corrected chi connectivity index (χ2v) is 6.51. The summed E-state index contributed by atoms with van der Waals surface area (Å²) in [7, 11) is 0. The van der Waals surface area contributed by atoms with Gasteiger partial charge in [0.05, 0.1) is 17.3 Å². The van der Waals surface area contributed by atoms with E-state index in [1.165, 1.54) is 5.56 Å². The maximum atomic E-state index is 12.6. The SMILES string of the molecule is CCc1c(C)nn(CC(=O)N2CCCC2C2(O)CC2)c1C. The van der Waals surface area contributed by atoms with Crippen molar-refractivity contribution in [1.29, 1.82) is 0 Å². The highest BCUT2D eigenvalue weighted by Crippen LogP contribution is 2.44. The molecule has 5 heteroatoms. The predicted molar refractivity (Wildman–Crippen MR) is 80.0 cm³/mol. The molecule has 2 aliphatic rings. The molecule has 2 fully saturated rings. The molecule has 1 N–H and O–H groups in total. The minimum atomic E-state index is -0.601. The maximum absolute atomic E-state index is 12.6. The number of hydrogen-bond donors (Lipinski definition) is 1. The third-order valence-corrected chi connectivity index (χ3v) is 5.13. The first kappa shape index (κ1) is 14.6. The molecule has 116 valence electrons. The van der Waals surface area contributed by atoms with Gasteiger partial charge in [-0.1, -0.05) is 6.92 Å². The van der Waals surface area contributed by atoms with Crippen molar-refractivity contribution in [2.75, 3.05) is 6.54 Å². The van der Waals surface area contributed by atoms with E-state index in [9.17, 15) is 9.90 Å². The van der Waals surface area contributed by atoms with Crippen LogP contribution in [0.25, 0.3) is 0 Å². The molecule has 5 nitrogen and oxygen atoms in total. The molecule has 1 saturated carbocycles. The van der Waals surface area contributed by atoms with Gasteiger partial charge in [-0.3, -0.25) is 9.48 Å². The average molecular weight is 291 g/mol. The second kappa shape index (κ2) is 5.13. The van der Waals surface area contributed by atoms with Crippen LogP contribution in [0.15, 0.2) is 0 Å². The number of hydrogen-bond acceptors (Lipinski definition) is 3. The second-order valence-electron chi connectivity index (χ2n) is 6.51. The Morgan fingerprint density at radius 1 is 1.43 bits per heavy atom. The van der Waals surface area contributed by atoms with E-state index in [1.807, 2.05) is 23.4 Å². The molecule has 1 aliphatic carbocycles. The lowest BCUT2D eigenvalue weighted by molar-refractivity contribution is -0.135. The summed E-state index contributed by atoms with van der Waals surface area (Å²) in [4.78, 5) is 14.5. The summed E-state index contributed by atoms with van der Waals surface area (Å²) in [6.45, 7) is 7.20. The van der Waals surface area contributed by atoms with Crippen LogP contribution in [0.1, 0.15) is 49.6 Å². The highest BCUT2D eigenvalue weighted by atomic mass is 16.3. The average Bonchev–Trinajstić information content (AvgIpc) is 2.90. The summed E-state index contributed by atoms with van der Waals surface area (Å²) in [5.41, 5.74) is 2.74. The number of nitrogens with zero attached hydrogens (tertiary/aromatic N) is 3. The topological polar surface area (TPSA) is 58.4 Å². The fraction of sp³-hybridized carbons (Fsp3) is 0.750. The van der Waals surface area contributed by atoms with Crippen molar-refractivity contribution in [2.45, 2.75) is 71.1 Å². The van der Waals surface area contributed by atoms with Crippen molar-refractivity contribution in [2.24, 2.45) is 0 Å². The normalized spacial score (nSPS) is 23.6. The monoisotopic (exact) mass is 291 g/mol. The molecule has 1 aromatic heterocycles. The molecule has 1 saturated heterocycles. The Bertz CT molecular complexity index is 560. The van der Waals surface area contributed by atoms with Gasteiger partial charge in [0.1, 0.15) is 6.54 Å². The van der Waals surface area contributed by atoms with Crippen LogP contribution < -0.4 is 0 Å². The molecule has 1 atom stereocenters. The van der Waals surface area contributed by atoms with Crippen molar-refractivity contribution in [3.8, 4) is 0 Å². The number of likely N-dealkylation sites (tertiary alicyclic amines) is 1. The van der Waals surface area contributed by atoms with Gasteiger partial charge < -0.3 is 10.0 Å². The third kappa shape index (κ3) is 2.48. The van der Waals surface area contributed by atoms with Crippen molar-refractivity contribution in [1.82, 2.24) is 14.7 Å². The predicted octanol–water partition coefficient (Wildman–Crippen LogP) is 1.58. The van der Waals surface area contributed by atoms with E-state index in [2.05, 4.69) is 12.0 Å². The number of amides is 1. The summed E-state index contributed by atoms with van der Waals surface area (Å²) in [6, 6.07) is 0.0209. The first-order valence-electron chi connectivity index (χ1n) is 8.01. The molecule has 3 rings (SSSR count). The van der Waals surface area contributed by atoms with E-state index in [0.29, 0.717) is 6.54 Å². The zero-order valence-electron chi connectivity index (χ0n) is 13.2. The molecule has 21 heavy (non-hydrogen) atoms. The highest BCUT2D eigenvalue weighted by Gasteiger charge is 2.52. The van der Waals surface area contributed by atoms with Crippen molar-refractivity contribution < 1.29 is 9.90 Å². The number of aryl methyl sites for hydroxylation is 1. The van der Waals surface area contributed by atoms with E-state index in [1.54, 1.807) is 0 Å². The van der Waals surface area contributed by atoms with Gasteiger partial charge in [-0.25, -0.2) is 0 Å². The Hall–Kier alpha value is -1.36. The molecule has 1 amide bonds. The summed E-state index contributed by atoms with van der Waals surface area (Å²) in [6.07, 6.45) is 4.54. The molecule has 2 heterocycles. The Labute approximate surface area is 125 Å². The molecular formula is C16H25N3O2. The van der Waals surface area contributed by atoms with Gasteiger partial charge in [-0.05, 0) is 51.5 Å². The third-order valence-electron chi connectivity index (χ3n) is 5.13. The minimum absolute atomic E-state index is 0.0209. The van der Waals surface area contributed by atoms with E-state index in [0.717, 1.165) is 50.0 Å². The zero-order chi connectivity index (χ0) is 15.2. The number of aliphatic hydroxyl groups is 1. The van der Waals surface area contributed by atoms with Gasteiger partial charge in [0.25, 0.3) is 0 Å². The van der Waals surface area contributed by atoms with Crippen LogP contribution in [0.5, 0.6) is 0 Å². The Morgan fingerprint density at radius 2 is 2.14 bits per heavy atom. The molecular weight excluding hydrogens is 266 g/mol. The maximum Gasteiger partial charge on any atom is 0.244 e. The number of rotatable bonds is 4. The van der Waals surface area contributed by atoms with Gasteiger partial charge in [-0.15, -0.1) is 0 Å². The number of aromatic nitrogens is 2. The molecule has 1 aromatic rings. The summed E-state index contributed by atoms with van der Waals surface area (Å²) < 4.78 is 1.82. The van der Waals surface area contributed by atoms with Gasteiger partial charge >= 0.3 is 0 Å². The van der Waals surface area contributed by atoms with E-state index < -0.39 is 5.60 Å². The summed E-state index contributed by atoms with van der Waals surface area (Å²) in [5.74, 6) is 0.0890. The summed E-state index contributed by atoms with van der Waals surface area (Å²) >= 11 is 0. The highest BCUT2D eigenvalue weighted by molar-refractivity contribution is 5.77. The summed E-state index contributed by atoms with van der Waals surface area (Å²) in [5, 5.41) is 14.8. The fourth-order valence-electron chi connectivity index (χ4n) is 3.70. The first-order valence-corrected chi connectivity index (χ1v) is 8.01. The van der Waals surface area contributed by atoms with Crippen LogP contribution in [0, 0.1) is 13.8 Å². The molecule has 0 spiro atoms. The standard InChI is InChI=1S/C16H25N3O2/c1-4-13-11(2)17-19(12(13)3)10-15(20)18-9-5-6-14(18)16(21)7-8-16/h14,21H,4-10H2,1-3H3. The molecule has 1 aliphatic heterocycles. The van der Waals surface area contributed by atoms with Gasteiger partial charge in [-0.2, -0.15) is 5.10 Å². The van der Waals surface area contributed by atoms with E-state index in [4.69, 9.17) is 0 Å². The van der Waals surface area contributed by atoms with Crippen LogP contribution in [0.4, 0.5) is 0 Å².